The van der Waals surface area contributed by atoms with E-state index in [1.54, 1.807) is 0 Å². The Labute approximate surface area is 99.0 Å². The summed E-state index contributed by atoms with van der Waals surface area (Å²) in [6.07, 6.45) is 1.94. The summed E-state index contributed by atoms with van der Waals surface area (Å²) in [7, 11) is 0. The zero-order valence-corrected chi connectivity index (χ0v) is 9.66. The number of rotatable bonds is 2. The van der Waals surface area contributed by atoms with Crippen LogP contribution in [0.4, 0.5) is 0 Å². The zero-order valence-electron chi connectivity index (χ0n) is 8.84. The molecule has 0 bridgehead atoms. The Balaban J connectivity index is 2.49. The van der Waals surface area contributed by atoms with Crippen molar-refractivity contribution in [1.82, 2.24) is 4.98 Å². The van der Waals surface area contributed by atoms with Crippen LogP contribution in [0.1, 0.15) is 5.69 Å². The molecular formula is C13H10N2S. The molecule has 2 rings (SSSR count). The van der Waals surface area contributed by atoms with Gasteiger partial charge >= 0.3 is 0 Å². The van der Waals surface area contributed by atoms with E-state index in [1.807, 2.05) is 48.7 Å². The van der Waals surface area contributed by atoms with E-state index in [-0.39, 0.29) is 0 Å². The highest BCUT2D eigenvalue weighted by atomic mass is 32.2. The lowest BCUT2D eigenvalue weighted by Crippen LogP contribution is -1.90. The Morgan fingerprint density at radius 1 is 1.12 bits per heavy atom. The second-order valence-corrected chi connectivity index (χ2v) is 4.07. The van der Waals surface area contributed by atoms with E-state index in [2.05, 4.69) is 11.1 Å². The smallest absolute Gasteiger partial charge is 0.154 e. The quantitative estimate of drug-likeness (QED) is 0.737. The van der Waals surface area contributed by atoms with Gasteiger partial charge in [0.2, 0.25) is 0 Å². The molecule has 0 aliphatic heterocycles. The number of nitrogens with zero attached hydrogens (tertiary/aromatic N) is 2. The maximum atomic E-state index is 9.00. The lowest BCUT2D eigenvalue weighted by molar-refractivity contribution is 1.18. The van der Waals surface area contributed by atoms with Crippen LogP contribution in [0.25, 0.3) is 11.3 Å². The van der Waals surface area contributed by atoms with Crippen molar-refractivity contribution >= 4 is 11.8 Å². The van der Waals surface area contributed by atoms with Gasteiger partial charge in [0.1, 0.15) is 6.07 Å². The van der Waals surface area contributed by atoms with Gasteiger partial charge in [-0.25, -0.2) is 4.98 Å². The molecule has 0 spiro atoms. The first-order chi connectivity index (χ1) is 7.85. The first kappa shape index (κ1) is 10.7. The van der Waals surface area contributed by atoms with E-state index < -0.39 is 0 Å². The fourth-order valence-electron chi connectivity index (χ4n) is 1.46. The SMILES string of the molecule is CSc1ccc(-c2ccccc2)nc1C#N. The fourth-order valence-corrected chi connectivity index (χ4v) is 1.95. The van der Waals surface area contributed by atoms with Crippen LogP contribution in [-0.4, -0.2) is 11.2 Å². The van der Waals surface area contributed by atoms with Crippen LogP contribution in [-0.2, 0) is 0 Å². The molecule has 0 radical (unpaired) electrons. The maximum absolute atomic E-state index is 9.00. The molecular weight excluding hydrogens is 216 g/mol. The third-order valence-corrected chi connectivity index (χ3v) is 3.02. The molecule has 78 valence electrons. The third-order valence-electron chi connectivity index (χ3n) is 2.25. The van der Waals surface area contributed by atoms with Gasteiger partial charge < -0.3 is 0 Å². The second kappa shape index (κ2) is 4.82. The van der Waals surface area contributed by atoms with Crippen LogP contribution in [0.5, 0.6) is 0 Å². The summed E-state index contributed by atoms with van der Waals surface area (Å²) in [6, 6.07) is 15.9. The lowest BCUT2D eigenvalue weighted by atomic mass is 10.1. The normalized spacial score (nSPS) is 9.75. The van der Waals surface area contributed by atoms with Gasteiger partial charge in [-0.05, 0) is 18.4 Å². The number of benzene rings is 1. The molecule has 2 aromatic rings. The minimum Gasteiger partial charge on any atom is -0.236 e. The Morgan fingerprint density at radius 2 is 1.88 bits per heavy atom. The van der Waals surface area contributed by atoms with Crippen molar-refractivity contribution in [2.24, 2.45) is 0 Å². The highest BCUT2D eigenvalue weighted by molar-refractivity contribution is 7.98. The Bertz CT molecular complexity index is 529. The molecule has 2 nitrogen and oxygen atoms in total. The molecule has 1 aromatic heterocycles. The van der Waals surface area contributed by atoms with Crippen molar-refractivity contribution in [2.45, 2.75) is 4.90 Å². The van der Waals surface area contributed by atoms with Crippen LogP contribution in [0, 0.1) is 11.3 Å². The number of hydrogen-bond donors (Lipinski definition) is 0. The summed E-state index contributed by atoms with van der Waals surface area (Å²) < 4.78 is 0. The van der Waals surface area contributed by atoms with Gasteiger partial charge in [0.25, 0.3) is 0 Å². The van der Waals surface area contributed by atoms with Gasteiger partial charge in [0, 0.05) is 10.5 Å². The average Bonchev–Trinajstić information content (AvgIpc) is 2.39. The van der Waals surface area contributed by atoms with Crippen LogP contribution in [0.3, 0.4) is 0 Å². The fraction of sp³-hybridized carbons (Fsp3) is 0.0769. The molecule has 0 saturated heterocycles. The van der Waals surface area contributed by atoms with E-state index >= 15 is 0 Å². The molecule has 3 heteroatoms. The third kappa shape index (κ3) is 2.07. The highest BCUT2D eigenvalue weighted by Gasteiger charge is 2.05. The maximum Gasteiger partial charge on any atom is 0.154 e. The minimum absolute atomic E-state index is 0.494. The van der Waals surface area contributed by atoms with Crippen molar-refractivity contribution < 1.29 is 0 Å². The molecule has 1 heterocycles. The van der Waals surface area contributed by atoms with Gasteiger partial charge in [-0.2, -0.15) is 5.26 Å². The standard InChI is InChI=1S/C13H10N2S/c1-16-13-8-7-11(15-12(13)9-14)10-5-3-2-4-6-10/h2-8H,1H3. The van der Waals surface area contributed by atoms with Crippen LogP contribution < -0.4 is 0 Å². The van der Waals surface area contributed by atoms with E-state index in [0.717, 1.165) is 16.2 Å². The van der Waals surface area contributed by atoms with Crippen molar-refractivity contribution in [3.05, 3.63) is 48.2 Å². The number of pyridine rings is 1. The van der Waals surface area contributed by atoms with Gasteiger partial charge in [0.15, 0.2) is 5.69 Å². The van der Waals surface area contributed by atoms with Gasteiger partial charge in [0.05, 0.1) is 5.69 Å². The molecule has 0 amide bonds. The van der Waals surface area contributed by atoms with Crippen LogP contribution in [0.15, 0.2) is 47.4 Å². The molecule has 1 aromatic carbocycles. The Morgan fingerprint density at radius 3 is 2.50 bits per heavy atom. The molecule has 0 N–H and O–H groups in total. The number of thioether (sulfide) groups is 1. The van der Waals surface area contributed by atoms with Gasteiger partial charge in [-0.1, -0.05) is 30.3 Å². The van der Waals surface area contributed by atoms with Crippen molar-refractivity contribution in [1.29, 1.82) is 5.26 Å². The second-order valence-electron chi connectivity index (χ2n) is 3.23. The Hall–Kier alpha value is -1.79. The largest absolute Gasteiger partial charge is 0.236 e. The summed E-state index contributed by atoms with van der Waals surface area (Å²) in [5.74, 6) is 0. The minimum atomic E-state index is 0.494. The summed E-state index contributed by atoms with van der Waals surface area (Å²) in [6.45, 7) is 0. The Kier molecular flexibility index (Phi) is 3.23. The van der Waals surface area contributed by atoms with Crippen molar-refractivity contribution in [2.75, 3.05) is 6.26 Å². The molecule has 16 heavy (non-hydrogen) atoms. The first-order valence-corrected chi connectivity index (χ1v) is 6.08. The summed E-state index contributed by atoms with van der Waals surface area (Å²) in [4.78, 5) is 5.27. The summed E-state index contributed by atoms with van der Waals surface area (Å²) in [5.41, 5.74) is 2.37. The molecule has 0 saturated carbocycles. The molecule has 0 aliphatic rings. The number of hydrogen-bond acceptors (Lipinski definition) is 3. The number of aromatic nitrogens is 1. The van der Waals surface area contributed by atoms with Crippen molar-refractivity contribution in [3.8, 4) is 17.3 Å². The number of nitriles is 1. The lowest BCUT2D eigenvalue weighted by Gasteiger charge is -2.03. The summed E-state index contributed by atoms with van der Waals surface area (Å²) >= 11 is 1.54. The average molecular weight is 226 g/mol. The topological polar surface area (TPSA) is 36.7 Å². The predicted octanol–water partition coefficient (Wildman–Crippen LogP) is 3.34. The molecule has 0 fully saturated rings. The van der Waals surface area contributed by atoms with Gasteiger partial charge in [-0.3, -0.25) is 0 Å². The monoisotopic (exact) mass is 226 g/mol. The van der Waals surface area contributed by atoms with Crippen LogP contribution in [0.2, 0.25) is 0 Å². The van der Waals surface area contributed by atoms with E-state index in [9.17, 15) is 0 Å². The molecule has 0 aliphatic carbocycles. The molecule has 0 unspecified atom stereocenters. The van der Waals surface area contributed by atoms with Crippen molar-refractivity contribution in [3.63, 3.8) is 0 Å². The first-order valence-electron chi connectivity index (χ1n) is 4.85. The predicted molar refractivity (Wildman–Crippen MR) is 66.2 cm³/mol. The molecule has 0 atom stereocenters. The van der Waals surface area contributed by atoms with Gasteiger partial charge in [-0.15, -0.1) is 11.8 Å². The summed E-state index contributed by atoms with van der Waals surface area (Å²) in [5, 5.41) is 9.00. The highest BCUT2D eigenvalue weighted by Crippen LogP contribution is 2.23. The zero-order chi connectivity index (χ0) is 11.4. The van der Waals surface area contributed by atoms with E-state index in [4.69, 9.17) is 5.26 Å². The van der Waals surface area contributed by atoms with Crippen LogP contribution >= 0.6 is 11.8 Å². The van der Waals surface area contributed by atoms with E-state index in [0.29, 0.717) is 5.69 Å². The van der Waals surface area contributed by atoms with E-state index in [1.165, 1.54) is 11.8 Å².